The topological polar surface area (TPSA) is 130 Å². The molecule has 0 unspecified atom stereocenters. The van der Waals surface area contributed by atoms with E-state index < -0.39 is 52.7 Å². The molecule has 0 aliphatic heterocycles. The van der Waals surface area contributed by atoms with Crippen molar-refractivity contribution >= 4 is 24.1 Å². The summed E-state index contributed by atoms with van der Waals surface area (Å²) in [5, 5.41) is 28.0. The highest BCUT2D eigenvalue weighted by molar-refractivity contribution is 5.75. The van der Waals surface area contributed by atoms with Crippen LogP contribution >= 0.6 is 0 Å². The van der Waals surface area contributed by atoms with Crippen LogP contribution in [0.3, 0.4) is 0 Å². The number of pyridine rings is 2. The zero-order valence-corrected chi connectivity index (χ0v) is 46.9. The number of carbonyl (C=O) groups excluding carboxylic acids is 1. The minimum absolute atomic E-state index is 0.0967. The molecule has 8 nitrogen and oxygen atoms in total. The van der Waals surface area contributed by atoms with Gasteiger partial charge in [0.1, 0.15) is 0 Å². The molecule has 2 aromatic heterocycles. The number of carboxylic acids is 1. The van der Waals surface area contributed by atoms with Crippen LogP contribution in [0.2, 0.25) is 0 Å². The zero-order chi connectivity index (χ0) is 62.3. The van der Waals surface area contributed by atoms with E-state index in [2.05, 4.69) is 16.0 Å². The maximum atomic E-state index is 13.1. The fraction of sp³-hybridized carbons (Fsp3) is 0.365. The number of carbonyl (C=O) groups is 2. The molecule has 83 heavy (non-hydrogen) atoms. The Hall–Kier alpha value is -7.32. The minimum Gasteiger partial charge on any atom is -0.481 e. The van der Waals surface area contributed by atoms with E-state index in [-0.39, 0.29) is 42.1 Å². The van der Waals surface area contributed by atoms with Gasteiger partial charge in [0.2, 0.25) is 0 Å². The monoisotopic (exact) mass is 1170 g/mol. The molecule has 0 radical (unpaired) electrons. The van der Waals surface area contributed by atoms with Gasteiger partial charge in [0.15, 0.2) is 0 Å². The molecule has 6 aromatic rings. The van der Waals surface area contributed by atoms with Crippen molar-refractivity contribution in [2.24, 2.45) is 0 Å². The Kier molecular flexibility index (Phi) is 20.6. The number of hydrogen-bond donors (Lipinski definition) is 3. The number of nitrogens with zero attached hydrogens (tertiary/aromatic N) is 2. The Morgan fingerprint density at radius 3 is 1.06 bits per heavy atom. The normalized spacial score (nSPS) is 13.1. The van der Waals surface area contributed by atoms with Crippen LogP contribution in [-0.2, 0) is 38.0 Å². The first-order valence-electron chi connectivity index (χ1n) is 26.2. The third-order valence-corrected chi connectivity index (χ3v) is 15.5. The van der Waals surface area contributed by atoms with Crippen LogP contribution in [0, 0.1) is 27.7 Å². The number of hydrogen-bond acceptors (Lipinski definition) is 7. The highest BCUT2D eigenvalue weighted by atomic mass is 19.4. The highest BCUT2D eigenvalue weighted by Crippen LogP contribution is 2.47. The molecular weight excluding hydrogens is 1110 g/mol. The van der Waals surface area contributed by atoms with E-state index in [1.807, 2.05) is 77.9 Å². The van der Waals surface area contributed by atoms with Crippen molar-refractivity contribution in [3.63, 3.8) is 0 Å². The van der Waals surface area contributed by atoms with E-state index in [0.29, 0.717) is 60.1 Å². The second-order valence-corrected chi connectivity index (χ2v) is 20.5. The number of halogens is 12. The van der Waals surface area contributed by atoms with E-state index in [1.54, 1.807) is 62.8 Å². The summed E-state index contributed by atoms with van der Waals surface area (Å²) in [6, 6.07) is 25.4. The number of methoxy groups -OCH3 is 1. The number of benzene rings is 4. The van der Waals surface area contributed by atoms with Crippen LogP contribution in [0.1, 0.15) is 120 Å². The zero-order valence-electron chi connectivity index (χ0n) is 46.9. The molecule has 20 heteroatoms. The fourth-order valence-electron chi connectivity index (χ4n) is 10.4. The number of aryl methyl sites for hydroxylation is 4. The molecule has 0 saturated carbocycles. The lowest BCUT2D eigenvalue weighted by molar-refractivity contribution is -0.348. The summed E-state index contributed by atoms with van der Waals surface area (Å²) in [4.78, 5) is 31.2. The van der Waals surface area contributed by atoms with Crippen molar-refractivity contribution in [3.8, 4) is 22.3 Å². The molecule has 446 valence electrons. The first-order chi connectivity index (χ1) is 38.5. The smallest absolute Gasteiger partial charge is 0.430 e. The van der Waals surface area contributed by atoms with Crippen LogP contribution in [0.4, 0.5) is 52.7 Å². The maximum Gasteiger partial charge on any atom is 0.430 e. The summed E-state index contributed by atoms with van der Waals surface area (Å²) in [5.74, 6) is -1.33. The van der Waals surface area contributed by atoms with Crippen LogP contribution < -0.4 is 0 Å². The van der Waals surface area contributed by atoms with E-state index >= 15 is 0 Å². The Morgan fingerprint density at radius 1 is 0.470 bits per heavy atom. The number of esters is 1. The number of alkyl halides is 12. The van der Waals surface area contributed by atoms with Gasteiger partial charge in [-0.25, -0.2) is 0 Å². The van der Waals surface area contributed by atoms with Crippen LogP contribution in [0.15, 0.2) is 122 Å². The fourth-order valence-corrected chi connectivity index (χ4v) is 10.4. The molecule has 0 spiro atoms. The second-order valence-electron chi connectivity index (χ2n) is 20.5. The minimum atomic E-state index is -5.94. The van der Waals surface area contributed by atoms with Crippen molar-refractivity contribution in [1.29, 1.82) is 0 Å². The number of carboxylic acid groups (broad SMARTS) is 1. The summed E-state index contributed by atoms with van der Waals surface area (Å²) in [7, 11) is 1.32. The number of aliphatic hydroxyl groups is 2. The van der Waals surface area contributed by atoms with Gasteiger partial charge >= 0.3 is 36.6 Å². The summed E-state index contributed by atoms with van der Waals surface area (Å²) in [6.45, 7) is 15.1. The first kappa shape index (κ1) is 66.5. The molecule has 4 aromatic carbocycles. The van der Waals surface area contributed by atoms with Crippen molar-refractivity contribution in [2.75, 3.05) is 7.11 Å². The number of rotatable bonds is 18. The lowest BCUT2D eigenvalue weighted by Crippen LogP contribution is -2.55. The van der Waals surface area contributed by atoms with E-state index in [4.69, 9.17) is 9.84 Å². The summed E-state index contributed by atoms with van der Waals surface area (Å²) in [6.07, 6.45) is -13.8. The van der Waals surface area contributed by atoms with Gasteiger partial charge in [0, 0.05) is 46.7 Å². The molecule has 6 rings (SSSR count). The van der Waals surface area contributed by atoms with Gasteiger partial charge in [-0.15, -0.1) is 0 Å². The Balaban J connectivity index is 0.000000304. The lowest BCUT2D eigenvalue weighted by Gasteiger charge is -2.34. The average Bonchev–Trinajstić information content (AvgIpc) is 2.23. The Morgan fingerprint density at radius 2 is 0.783 bits per heavy atom. The maximum absolute atomic E-state index is 13.1. The van der Waals surface area contributed by atoms with Crippen molar-refractivity contribution in [3.05, 3.63) is 189 Å². The predicted octanol–water partition coefficient (Wildman–Crippen LogP) is 16.0. The third-order valence-electron chi connectivity index (χ3n) is 15.5. The summed E-state index contributed by atoms with van der Waals surface area (Å²) in [5.41, 5.74) is 0.509. The van der Waals surface area contributed by atoms with Gasteiger partial charge in [0.05, 0.1) is 20.0 Å². The molecule has 0 amide bonds. The third kappa shape index (κ3) is 14.2. The highest BCUT2D eigenvalue weighted by Gasteiger charge is 2.70. The van der Waals surface area contributed by atoms with Crippen LogP contribution in [0.5, 0.6) is 0 Å². The molecule has 2 heterocycles. The molecule has 0 bridgehead atoms. The van der Waals surface area contributed by atoms with Crippen molar-refractivity contribution in [2.45, 2.75) is 141 Å². The number of aliphatic carboxylic acids is 1. The first-order valence-corrected chi connectivity index (χ1v) is 26.2. The van der Waals surface area contributed by atoms with Crippen LogP contribution in [-0.4, -0.2) is 80.2 Å². The van der Waals surface area contributed by atoms with Gasteiger partial charge in [0.25, 0.3) is 11.2 Å². The summed E-state index contributed by atoms with van der Waals surface area (Å²) >= 11 is 0. The molecule has 3 N–H and O–H groups in total. The SMILES string of the molecule is CCC(CC)(c1ccc(/C=C/C(O)(C(F)(F)F)C(F)(F)F)c(C)c1)c1ccc(-c2cncc(CC(=O)O)c2)c(C)c1.CCC(CC)(c1ccc(/C=C/C(O)(C(F)(F)F)C(F)(F)F)c(C)c1)c1ccc(-c2cncc(CC(=O)OC)c2)c(C)c1. The van der Waals surface area contributed by atoms with Crippen molar-refractivity contribution < 1.29 is 82.3 Å². The van der Waals surface area contributed by atoms with Gasteiger partial charge in [-0.1, -0.05) is 113 Å². The molecule has 0 fully saturated rings. The van der Waals surface area contributed by atoms with E-state index in [1.165, 1.54) is 25.4 Å². The summed E-state index contributed by atoms with van der Waals surface area (Å²) < 4.78 is 162. The second kappa shape index (κ2) is 25.7. The van der Waals surface area contributed by atoms with Crippen LogP contribution in [0.25, 0.3) is 34.4 Å². The van der Waals surface area contributed by atoms with Gasteiger partial charge < -0.3 is 20.1 Å². The van der Waals surface area contributed by atoms with Gasteiger partial charge in [-0.2, -0.15) is 52.7 Å². The Labute approximate surface area is 473 Å². The van der Waals surface area contributed by atoms with E-state index in [0.717, 1.165) is 55.6 Å². The molecule has 0 aliphatic rings. The predicted molar refractivity (Wildman–Crippen MR) is 293 cm³/mol. The largest absolute Gasteiger partial charge is 0.481 e. The van der Waals surface area contributed by atoms with Gasteiger partial charge in [-0.05, 0) is 156 Å². The lowest BCUT2D eigenvalue weighted by atomic mass is 9.69. The molecule has 0 aliphatic carbocycles. The average molecular weight is 1170 g/mol. The number of ether oxygens (including phenoxy) is 1. The Bertz CT molecular complexity index is 3300. The van der Waals surface area contributed by atoms with Gasteiger partial charge in [-0.3, -0.25) is 19.6 Å². The molecule has 0 atom stereocenters. The number of aromatic nitrogens is 2. The molecule has 0 saturated heterocycles. The van der Waals surface area contributed by atoms with E-state index in [9.17, 15) is 72.5 Å². The van der Waals surface area contributed by atoms with Crippen molar-refractivity contribution in [1.82, 2.24) is 9.97 Å². The standard InChI is InChI=1S/C32H33F6NO3.C31H31F6NO3/c1-6-29(7-2,25-9-8-23(20(3)14-25)12-13-30(41,31(33,34)35)32(36,37)38)26-10-11-27(21(4)15-26)24-16-22(18-39-19-24)17-28(40)42-5;1-5-28(6-2,25-9-10-26(20(4)14-25)23-15-21(16-27(39)40)17-38-18-23)24-8-7-22(19(3)13-24)11-12-29(41,30(32,33)34)31(35,36)37/h8-16,18-19,41H,6-7,17H2,1-5H3;7-15,17-18,41H,5-6,16H2,1-4H3,(H,39,40)/b13-12+;12-11+. The molecular formula is C63H64F12N2O6. The quantitative estimate of drug-likeness (QED) is 0.0573.